The average Bonchev–Trinajstić information content (AvgIpc) is 2.98. The van der Waals surface area contributed by atoms with Gasteiger partial charge in [0.2, 0.25) is 5.95 Å². The van der Waals surface area contributed by atoms with E-state index in [4.69, 9.17) is 9.72 Å². The molecule has 1 aliphatic heterocycles. The summed E-state index contributed by atoms with van der Waals surface area (Å²) in [4.78, 5) is 17.1. The molecule has 1 atom stereocenters. The van der Waals surface area contributed by atoms with Crippen molar-refractivity contribution in [3.8, 4) is 5.75 Å². The number of ether oxygens (including phenoxy) is 1. The molecular weight excluding hydrogens is 314 g/mol. The molecule has 0 aliphatic carbocycles. The second kappa shape index (κ2) is 5.77. The lowest BCUT2D eigenvalue weighted by Crippen LogP contribution is -2.27. The van der Waals surface area contributed by atoms with E-state index in [2.05, 4.69) is 9.88 Å². The number of Topliss-reactive ketones (excluding diaryl/α,β-unsaturated/α-hetero) is 1. The maximum absolute atomic E-state index is 12.5. The first-order valence-corrected chi connectivity index (χ1v) is 8.20. The van der Waals surface area contributed by atoms with Gasteiger partial charge in [-0.05, 0) is 43.7 Å². The Morgan fingerprint density at radius 2 is 2.00 bits per heavy atom. The molecule has 0 radical (unpaired) electrons. The Labute approximate surface area is 145 Å². The highest BCUT2D eigenvalue weighted by molar-refractivity contribution is 5.97. The fraction of sp³-hybridized carbons (Fsp3) is 0.200. The first-order valence-electron chi connectivity index (χ1n) is 8.20. The molecule has 1 N–H and O–H groups in total. The molecule has 1 unspecified atom stereocenters. The Hall–Kier alpha value is -3.08. The van der Waals surface area contributed by atoms with Crippen LogP contribution in [0.15, 0.2) is 59.8 Å². The topological polar surface area (TPSA) is 56.1 Å². The van der Waals surface area contributed by atoms with Crippen molar-refractivity contribution in [1.82, 2.24) is 9.55 Å². The van der Waals surface area contributed by atoms with Gasteiger partial charge < -0.3 is 10.1 Å². The van der Waals surface area contributed by atoms with E-state index in [1.54, 1.807) is 14.0 Å². The number of carbonyl (C=O) groups excluding carboxylic acids is 1. The molecule has 0 amide bonds. The quantitative estimate of drug-likeness (QED) is 0.789. The van der Waals surface area contributed by atoms with Crippen molar-refractivity contribution >= 4 is 22.8 Å². The summed E-state index contributed by atoms with van der Waals surface area (Å²) in [6.07, 6.45) is 0. The van der Waals surface area contributed by atoms with Gasteiger partial charge in [0.1, 0.15) is 5.75 Å². The number of hydrogen-bond acceptors (Lipinski definition) is 4. The maximum atomic E-state index is 12.5. The smallest absolute Gasteiger partial charge is 0.209 e. The molecule has 0 saturated carbocycles. The van der Waals surface area contributed by atoms with E-state index < -0.39 is 0 Å². The van der Waals surface area contributed by atoms with Crippen molar-refractivity contribution in [2.75, 3.05) is 12.4 Å². The van der Waals surface area contributed by atoms with Crippen molar-refractivity contribution in [1.29, 1.82) is 0 Å². The van der Waals surface area contributed by atoms with E-state index in [-0.39, 0.29) is 11.8 Å². The van der Waals surface area contributed by atoms with Crippen LogP contribution in [0, 0.1) is 0 Å². The normalized spacial score (nSPS) is 16.5. The van der Waals surface area contributed by atoms with Crippen LogP contribution in [0.1, 0.15) is 25.5 Å². The molecule has 5 heteroatoms. The van der Waals surface area contributed by atoms with Crippen LogP contribution in [0.2, 0.25) is 0 Å². The number of hydrogen-bond donors (Lipinski definition) is 1. The fourth-order valence-electron chi connectivity index (χ4n) is 3.55. The van der Waals surface area contributed by atoms with Crippen LogP contribution >= 0.6 is 0 Å². The Kier molecular flexibility index (Phi) is 3.57. The monoisotopic (exact) mass is 333 g/mol. The summed E-state index contributed by atoms with van der Waals surface area (Å²) in [6.45, 7) is 3.53. The summed E-state index contributed by atoms with van der Waals surface area (Å²) >= 11 is 0. The molecule has 3 aromatic rings. The molecule has 25 heavy (non-hydrogen) atoms. The van der Waals surface area contributed by atoms with E-state index in [0.29, 0.717) is 0 Å². The summed E-state index contributed by atoms with van der Waals surface area (Å²) in [6, 6.07) is 15.6. The van der Waals surface area contributed by atoms with Crippen LogP contribution in [-0.2, 0) is 4.79 Å². The number of para-hydroxylation sites is 2. The Morgan fingerprint density at radius 3 is 2.76 bits per heavy atom. The highest BCUT2D eigenvalue weighted by Gasteiger charge is 2.32. The molecule has 0 saturated heterocycles. The number of benzene rings is 2. The third-order valence-electron chi connectivity index (χ3n) is 4.62. The number of imidazole rings is 1. The first kappa shape index (κ1) is 15.4. The molecule has 2 heterocycles. The predicted molar refractivity (Wildman–Crippen MR) is 97.9 cm³/mol. The number of allylic oxidation sites excluding steroid dienone is 2. The van der Waals surface area contributed by atoms with Gasteiger partial charge in [0.05, 0.1) is 24.2 Å². The van der Waals surface area contributed by atoms with Crippen molar-refractivity contribution in [3.05, 3.63) is 65.4 Å². The molecule has 1 aromatic heterocycles. The van der Waals surface area contributed by atoms with Gasteiger partial charge in [0, 0.05) is 11.3 Å². The minimum absolute atomic E-state index is 0.0428. The van der Waals surface area contributed by atoms with Gasteiger partial charge in [0.25, 0.3) is 0 Å². The van der Waals surface area contributed by atoms with Crippen LogP contribution < -0.4 is 10.1 Å². The summed E-state index contributed by atoms with van der Waals surface area (Å²) in [7, 11) is 1.65. The largest absolute Gasteiger partial charge is 0.497 e. The first-order chi connectivity index (χ1) is 12.1. The van der Waals surface area contributed by atoms with Crippen LogP contribution in [0.5, 0.6) is 5.75 Å². The standard InChI is InChI=1S/C20H19N3O2/c1-12-18(13(2)24)19(14-7-6-8-15(11-14)25-3)23-17-10-5-4-9-16(17)22-20(23)21-12/h4-11,19H,1-3H3,(H,21,22). The van der Waals surface area contributed by atoms with Crippen LogP contribution in [0.25, 0.3) is 11.0 Å². The lowest BCUT2D eigenvalue weighted by molar-refractivity contribution is -0.114. The van der Waals surface area contributed by atoms with Crippen molar-refractivity contribution < 1.29 is 9.53 Å². The highest BCUT2D eigenvalue weighted by atomic mass is 16.5. The molecule has 5 nitrogen and oxygen atoms in total. The minimum atomic E-state index is -0.240. The zero-order valence-electron chi connectivity index (χ0n) is 14.4. The second-order valence-corrected chi connectivity index (χ2v) is 6.19. The third kappa shape index (κ3) is 2.39. The molecule has 4 rings (SSSR count). The Bertz CT molecular complexity index is 1020. The lowest BCUT2D eigenvalue weighted by Gasteiger charge is -2.30. The number of anilines is 1. The zero-order chi connectivity index (χ0) is 17.6. The molecule has 126 valence electrons. The third-order valence-corrected chi connectivity index (χ3v) is 4.62. The zero-order valence-corrected chi connectivity index (χ0v) is 14.4. The average molecular weight is 333 g/mol. The lowest BCUT2D eigenvalue weighted by atomic mass is 9.92. The summed E-state index contributed by atoms with van der Waals surface area (Å²) in [5.41, 5.74) is 4.46. The van der Waals surface area contributed by atoms with Crippen molar-refractivity contribution in [3.63, 3.8) is 0 Å². The predicted octanol–water partition coefficient (Wildman–Crippen LogP) is 3.92. The molecule has 2 aromatic carbocycles. The van der Waals surface area contributed by atoms with Gasteiger partial charge >= 0.3 is 0 Å². The summed E-state index contributed by atoms with van der Waals surface area (Å²) in [5, 5.41) is 3.29. The number of methoxy groups -OCH3 is 1. The number of carbonyl (C=O) groups is 1. The van der Waals surface area contributed by atoms with Gasteiger partial charge in [-0.15, -0.1) is 0 Å². The van der Waals surface area contributed by atoms with Gasteiger partial charge in [-0.3, -0.25) is 9.36 Å². The van der Waals surface area contributed by atoms with E-state index in [0.717, 1.165) is 39.6 Å². The second-order valence-electron chi connectivity index (χ2n) is 6.19. The van der Waals surface area contributed by atoms with Gasteiger partial charge in [0.15, 0.2) is 5.78 Å². The van der Waals surface area contributed by atoms with Gasteiger partial charge in [-0.2, -0.15) is 0 Å². The van der Waals surface area contributed by atoms with E-state index in [1.165, 1.54) is 0 Å². The maximum Gasteiger partial charge on any atom is 0.209 e. The Morgan fingerprint density at radius 1 is 1.20 bits per heavy atom. The molecule has 1 aliphatic rings. The van der Waals surface area contributed by atoms with Crippen LogP contribution in [0.3, 0.4) is 0 Å². The molecule has 0 fully saturated rings. The molecular formula is C20H19N3O2. The number of ketones is 1. The van der Waals surface area contributed by atoms with Crippen molar-refractivity contribution in [2.24, 2.45) is 0 Å². The SMILES string of the molecule is COc1cccc(C2C(C(C)=O)=C(C)Nc3nc4ccccc4n32)c1. The molecule has 0 spiro atoms. The van der Waals surface area contributed by atoms with Gasteiger partial charge in [-0.1, -0.05) is 24.3 Å². The number of rotatable bonds is 3. The number of nitrogens with one attached hydrogen (secondary N) is 1. The van der Waals surface area contributed by atoms with Crippen molar-refractivity contribution in [2.45, 2.75) is 19.9 Å². The summed E-state index contributed by atoms with van der Waals surface area (Å²) in [5.74, 6) is 1.56. The Balaban J connectivity index is 2.02. The van der Waals surface area contributed by atoms with Crippen LogP contribution in [-0.4, -0.2) is 22.4 Å². The molecule has 0 bridgehead atoms. The number of aromatic nitrogens is 2. The minimum Gasteiger partial charge on any atom is -0.497 e. The van der Waals surface area contributed by atoms with E-state index in [9.17, 15) is 4.79 Å². The fourth-order valence-corrected chi connectivity index (χ4v) is 3.55. The summed E-state index contributed by atoms with van der Waals surface area (Å²) < 4.78 is 7.47. The van der Waals surface area contributed by atoms with Crippen LogP contribution in [0.4, 0.5) is 5.95 Å². The number of nitrogens with zero attached hydrogens (tertiary/aromatic N) is 2. The van der Waals surface area contributed by atoms with Gasteiger partial charge in [-0.25, -0.2) is 4.98 Å². The number of fused-ring (bicyclic) bond motifs is 3. The highest BCUT2D eigenvalue weighted by Crippen LogP contribution is 2.39. The van der Waals surface area contributed by atoms with E-state index >= 15 is 0 Å². The van der Waals surface area contributed by atoms with E-state index in [1.807, 2.05) is 55.5 Å².